The number of hydrogen-bond acceptors (Lipinski definition) is 5. The van der Waals surface area contributed by atoms with Gasteiger partial charge in [0.1, 0.15) is 12.2 Å². The predicted molar refractivity (Wildman–Crippen MR) is 88.2 cm³/mol. The number of carboxylic acid groups (broad SMARTS) is 1. The number of rotatable bonds is 6. The highest BCUT2D eigenvalue weighted by molar-refractivity contribution is 5.80. The molecule has 0 aromatic carbocycles. The maximum absolute atomic E-state index is 14.2. The van der Waals surface area contributed by atoms with Crippen LogP contribution in [0.25, 0.3) is 0 Å². The Kier molecular flexibility index (Phi) is 6.94. The van der Waals surface area contributed by atoms with Crippen molar-refractivity contribution in [1.82, 2.24) is 16.0 Å². The quantitative estimate of drug-likeness (QED) is 0.448. The van der Waals surface area contributed by atoms with Crippen LogP contribution in [0.3, 0.4) is 0 Å². The predicted octanol–water partition coefficient (Wildman–Crippen LogP) is -0.391. The molecule has 0 radical (unpaired) electrons. The first kappa shape index (κ1) is 19.1. The van der Waals surface area contributed by atoms with Crippen LogP contribution in [0.4, 0.5) is 4.39 Å². The van der Waals surface area contributed by atoms with Crippen LogP contribution in [0.1, 0.15) is 32.6 Å². The van der Waals surface area contributed by atoms with Gasteiger partial charge in [0.15, 0.2) is 0 Å². The van der Waals surface area contributed by atoms with Gasteiger partial charge < -0.3 is 26.8 Å². The van der Waals surface area contributed by atoms with Crippen LogP contribution in [-0.2, 0) is 9.59 Å². The Bertz CT molecular complexity index is 451. The molecule has 1 aliphatic carbocycles. The summed E-state index contributed by atoms with van der Waals surface area (Å²) in [7, 11) is 0. The Balaban J connectivity index is 1.94. The molecule has 1 saturated heterocycles. The standard InChI is InChI=1S/C16H29FN4O3/c1-2-13-14(20-4-3-19-13)9-5-10(7-11(17)6-9)15(22)21-8-12(18)16(23)24/h9-14,19-20H,2-8,18H2,1H3,(H,21,22)(H,23,24)/t9?,10?,11?,12-,13?,14?/m1/s1. The lowest BCUT2D eigenvalue weighted by Gasteiger charge is -2.42. The molecule has 1 aliphatic heterocycles. The van der Waals surface area contributed by atoms with Gasteiger partial charge in [0.25, 0.3) is 0 Å². The molecule has 6 N–H and O–H groups in total. The zero-order valence-electron chi connectivity index (χ0n) is 14.1. The summed E-state index contributed by atoms with van der Waals surface area (Å²) in [5, 5.41) is 18.3. The summed E-state index contributed by atoms with van der Waals surface area (Å²) in [6.07, 6.45) is 1.23. The lowest BCUT2D eigenvalue weighted by atomic mass is 9.74. The third-order valence-corrected chi connectivity index (χ3v) is 5.16. The number of carbonyl (C=O) groups is 2. The van der Waals surface area contributed by atoms with E-state index in [0.29, 0.717) is 12.8 Å². The van der Waals surface area contributed by atoms with Crippen molar-refractivity contribution in [3.63, 3.8) is 0 Å². The van der Waals surface area contributed by atoms with E-state index in [2.05, 4.69) is 22.9 Å². The number of carboxylic acids is 1. The third kappa shape index (κ3) is 4.87. The summed E-state index contributed by atoms with van der Waals surface area (Å²) in [5.41, 5.74) is 5.40. The molecule has 5 unspecified atom stereocenters. The van der Waals surface area contributed by atoms with E-state index in [4.69, 9.17) is 10.8 Å². The molecule has 2 rings (SSSR count). The van der Waals surface area contributed by atoms with E-state index in [1.54, 1.807) is 0 Å². The van der Waals surface area contributed by atoms with E-state index in [-0.39, 0.29) is 36.9 Å². The van der Waals surface area contributed by atoms with Gasteiger partial charge in [-0.05, 0) is 31.6 Å². The minimum Gasteiger partial charge on any atom is -0.480 e. The smallest absolute Gasteiger partial charge is 0.322 e. The minimum atomic E-state index is -1.16. The van der Waals surface area contributed by atoms with Crippen LogP contribution in [0.15, 0.2) is 0 Å². The van der Waals surface area contributed by atoms with Gasteiger partial charge in [0.2, 0.25) is 5.91 Å². The minimum absolute atomic E-state index is 0.0930. The molecule has 24 heavy (non-hydrogen) atoms. The summed E-state index contributed by atoms with van der Waals surface area (Å²) >= 11 is 0. The number of alkyl halides is 1. The Morgan fingerprint density at radius 1 is 1.29 bits per heavy atom. The average molecular weight is 344 g/mol. The Labute approximate surface area is 141 Å². The summed E-state index contributed by atoms with van der Waals surface area (Å²) in [5.74, 6) is -1.80. The summed E-state index contributed by atoms with van der Waals surface area (Å²) < 4.78 is 14.2. The van der Waals surface area contributed by atoms with Crippen LogP contribution >= 0.6 is 0 Å². The lowest BCUT2D eigenvalue weighted by Crippen LogP contribution is -2.60. The van der Waals surface area contributed by atoms with Crippen molar-refractivity contribution < 1.29 is 19.1 Å². The number of carbonyl (C=O) groups excluding carboxylic acids is 1. The molecule has 1 amide bonds. The molecular weight excluding hydrogens is 315 g/mol. The zero-order valence-corrected chi connectivity index (χ0v) is 14.1. The maximum atomic E-state index is 14.2. The highest BCUT2D eigenvalue weighted by Crippen LogP contribution is 2.35. The van der Waals surface area contributed by atoms with Gasteiger partial charge >= 0.3 is 5.97 Å². The normalized spacial score (nSPS) is 35.2. The van der Waals surface area contributed by atoms with E-state index in [9.17, 15) is 14.0 Å². The molecule has 1 heterocycles. The van der Waals surface area contributed by atoms with E-state index < -0.39 is 24.1 Å². The largest absolute Gasteiger partial charge is 0.480 e. The fraction of sp³-hybridized carbons (Fsp3) is 0.875. The monoisotopic (exact) mass is 344 g/mol. The van der Waals surface area contributed by atoms with Crippen molar-refractivity contribution in [3.8, 4) is 0 Å². The van der Waals surface area contributed by atoms with Crippen LogP contribution in [0.2, 0.25) is 0 Å². The summed E-state index contributed by atoms with van der Waals surface area (Å²) in [6.45, 7) is 3.72. The Hall–Kier alpha value is -1.25. The fourth-order valence-corrected chi connectivity index (χ4v) is 3.90. The van der Waals surface area contributed by atoms with Crippen molar-refractivity contribution >= 4 is 11.9 Å². The van der Waals surface area contributed by atoms with Crippen molar-refractivity contribution in [2.75, 3.05) is 19.6 Å². The molecule has 0 bridgehead atoms. The molecule has 2 aliphatic rings. The van der Waals surface area contributed by atoms with E-state index in [1.807, 2.05) is 0 Å². The van der Waals surface area contributed by atoms with Gasteiger partial charge in [0.05, 0.1) is 0 Å². The first-order valence-corrected chi connectivity index (χ1v) is 8.79. The number of amides is 1. The van der Waals surface area contributed by atoms with E-state index in [1.165, 1.54) is 0 Å². The number of hydrogen-bond donors (Lipinski definition) is 5. The second-order valence-corrected chi connectivity index (χ2v) is 6.90. The van der Waals surface area contributed by atoms with Crippen molar-refractivity contribution in [2.24, 2.45) is 17.6 Å². The second kappa shape index (κ2) is 8.73. The first-order chi connectivity index (χ1) is 11.4. The van der Waals surface area contributed by atoms with Gasteiger partial charge in [0, 0.05) is 37.6 Å². The Morgan fingerprint density at radius 2 is 2.00 bits per heavy atom. The molecular formula is C16H29FN4O3. The second-order valence-electron chi connectivity index (χ2n) is 6.90. The van der Waals surface area contributed by atoms with E-state index in [0.717, 1.165) is 19.5 Å². The van der Waals surface area contributed by atoms with Crippen LogP contribution in [-0.4, -0.2) is 60.9 Å². The molecule has 138 valence electrons. The SMILES string of the molecule is CCC1NCCNC1C1CC(F)CC(C(=O)NC[C@@H](N)C(=O)O)C1. The first-order valence-electron chi connectivity index (χ1n) is 8.79. The Morgan fingerprint density at radius 3 is 2.67 bits per heavy atom. The van der Waals surface area contributed by atoms with Crippen molar-refractivity contribution in [1.29, 1.82) is 0 Å². The molecule has 0 aromatic rings. The highest BCUT2D eigenvalue weighted by Gasteiger charge is 2.39. The zero-order chi connectivity index (χ0) is 17.7. The fourth-order valence-electron chi connectivity index (χ4n) is 3.90. The van der Waals surface area contributed by atoms with Crippen molar-refractivity contribution in [2.45, 2.75) is 56.9 Å². The van der Waals surface area contributed by atoms with Gasteiger partial charge in [-0.15, -0.1) is 0 Å². The van der Waals surface area contributed by atoms with Gasteiger partial charge in [-0.25, -0.2) is 4.39 Å². The molecule has 0 aromatic heterocycles. The van der Waals surface area contributed by atoms with Gasteiger partial charge in [-0.3, -0.25) is 9.59 Å². The van der Waals surface area contributed by atoms with E-state index >= 15 is 0 Å². The van der Waals surface area contributed by atoms with Crippen molar-refractivity contribution in [3.05, 3.63) is 0 Å². The van der Waals surface area contributed by atoms with Crippen LogP contribution in [0, 0.1) is 11.8 Å². The summed E-state index contributed by atoms with van der Waals surface area (Å²) in [4.78, 5) is 23.0. The number of piperazine rings is 1. The molecule has 8 heteroatoms. The third-order valence-electron chi connectivity index (χ3n) is 5.16. The highest BCUT2D eigenvalue weighted by atomic mass is 19.1. The number of nitrogens with one attached hydrogen (secondary N) is 3. The van der Waals surface area contributed by atoms with Crippen LogP contribution < -0.4 is 21.7 Å². The average Bonchev–Trinajstić information content (AvgIpc) is 2.58. The van der Waals surface area contributed by atoms with Gasteiger partial charge in [-0.2, -0.15) is 0 Å². The summed E-state index contributed by atoms with van der Waals surface area (Å²) in [6, 6.07) is -0.680. The number of halogens is 1. The van der Waals surface area contributed by atoms with Crippen LogP contribution in [0.5, 0.6) is 0 Å². The topological polar surface area (TPSA) is 116 Å². The number of nitrogens with two attached hydrogens (primary N) is 1. The lowest BCUT2D eigenvalue weighted by molar-refractivity contribution is -0.138. The molecule has 0 spiro atoms. The maximum Gasteiger partial charge on any atom is 0.322 e. The molecule has 6 atom stereocenters. The molecule has 1 saturated carbocycles. The number of aliphatic carboxylic acids is 1. The molecule has 7 nitrogen and oxygen atoms in total. The van der Waals surface area contributed by atoms with Gasteiger partial charge in [-0.1, -0.05) is 6.92 Å². The molecule has 2 fully saturated rings.